The van der Waals surface area contributed by atoms with Crippen molar-refractivity contribution in [1.82, 2.24) is 4.98 Å². The zero-order valence-electron chi connectivity index (χ0n) is 9.41. The van der Waals surface area contributed by atoms with Crippen LogP contribution in [0.5, 0.6) is 11.5 Å². The average Bonchev–Trinajstić information content (AvgIpc) is 2.91. The summed E-state index contributed by atoms with van der Waals surface area (Å²) in [4.78, 5) is 3.40. The highest BCUT2D eigenvalue weighted by Crippen LogP contribution is 2.41. The van der Waals surface area contributed by atoms with Crippen LogP contribution in [0.25, 0.3) is 21.8 Å². The van der Waals surface area contributed by atoms with E-state index in [0.29, 0.717) is 6.79 Å². The van der Waals surface area contributed by atoms with Gasteiger partial charge in [0.2, 0.25) is 6.79 Å². The Morgan fingerprint density at radius 2 is 2.00 bits per heavy atom. The van der Waals surface area contributed by atoms with E-state index >= 15 is 0 Å². The van der Waals surface area contributed by atoms with Crippen molar-refractivity contribution in [2.75, 3.05) is 6.79 Å². The van der Waals surface area contributed by atoms with E-state index in [2.05, 4.69) is 36.2 Å². The molecule has 0 saturated heterocycles. The van der Waals surface area contributed by atoms with E-state index in [9.17, 15) is 0 Å². The van der Waals surface area contributed by atoms with Gasteiger partial charge in [-0.05, 0) is 31.2 Å². The van der Waals surface area contributed by atoms with Gasteiger partial charge in [-0.25, -0.2) is 0 Å². The van der Waals surface area contributed by atoms with Gasteiger partial charge >= 0.3 is 0 Å². The molecule has 0 aliphatic carbocycles. The summed E-state index contributed by atoms with van der Waals surface area (Å²) >= 11 is 0. The van der Waals surface area contributed by atoms with E-state index in [0.717, 1.165) is 22.5 Å². The molecule has 84 valence electrons. The van der Waals surface area contributed by atoms with Gasteiger partial charge in [-0.2, -0.15) is 0 Å². The number of hydrogen-bond acceptors (Lipinski definition) is 2. The van der Waals surface area contributed by atoms with Crippen molar-refractivity contribution in [2.45, 2.75) is 6.92 Å². The van der Waals surface area contributed by atoms with Gasteiger partial charge in [0, 0.05) is 16.3 Å². The summed E-state index contributed by atoms with van der Waals surface area (Å²) in [6.07, 6.45) is 0. The Balaban J connectivity index is 2.20. The molecule has 0 fully saturated rings. The minimum atomic E-state index is 0.308. The van der Waals surface area contributed by atoms with Crippen molar-refractivity contribution in [3.63, 3.8) is 0 Å². The summed E-state index contributed by atoms with van der Waals surface area (Å²) in [7, 11) is 0. The van der Waals surface area contributed by atoms with Crippen LogP contribution in [0, 0.1) is 6.92 Å². The predicted molar refractivity (Wildman–Crippen MR) is 66.7 cm³/mol. The number of benzene rings is 2. The zero-order valence-corrected chi connectivity index (χ0v) is 9.41. The predicted octanol–water partition coefficient (Wildman–Crippen LogP) is 3.36. The first kappa shape index (κ1) is 8.93. The molecular formula is C14H11NO2. The van der Waals surface area contributed by atoms with Gasteiger partial charge in [0.25, 0.3) is 0 Å². The van der Waals surface area contributed by atoms with E-state index in [1.54, 1.807) is 0 Å². The van der Waals surface area contributed by atoms with Crippen LogP contribution in [0.1, 0.15) is 5.56 Å². The van der Waals surface area contributed by atoms with Crippen molar-refractivity contribution in [3.8, 4) is 11.5 Å². The van der Waals surface area contributed by atoms with Gasteiger partial charge < -0.3 is 14.5 Å². The third-order valence-corrected chi connectivity index (χ3v) is 3.26. The molecule has 3 aromatic rings. The monoisotopic (exact) mass is 225 g/mol. The molecule has 17 heavy (non-hydrogen) atoms. The Morgan fingerprint density at radius 1 is 1.06 bits per heavy atom. The number of ether oxygens (including phenoxy) is 2. The number of rotatable bonds is 0. The molecule has 0 radical (unpaired) electrons. The summed E-state index contributed by atoms with van der Waals surface area (Å²) in [5.74, 6) is 1.65. The molecule has 0 spiro atoms. The molecule has 2 heterocycles. The fraction of sp³-hybridized carbons (Fsp3) is 0.143. The molecule has 3 nitrogen and oxygen atoms in total. The molecule has 4 rings (SSSR count). The number of H-pyrrole nitrogens is 1. The molecule has 0 amide bonds. The van der Waals surface area contributed by atoms with Crippen molar-refractivity contribution in [2.24, 2.45) is 0 Å². The molecule has 1 aliphatic rings. The molecule has 0 unspecified atom stereocenters. The van der Waals surface area contributed by atoms with Gasteiger partial charge in [-0.15, -0.1) is 0 Å². The SMILES string of the molecule is Cc1ccc2[nH]c3c4c(ccc3c2c1)OCO4. The van der Waals surface area contributed by atoms with Crippen LogP contribution in [-0.2, 0) is 0 Å². The van der Waals surface area contributed by atoms with Gasteiger partial charge in [-0.3, -0.25) is 0 Å². The summed E-state index contributed by atoms with van der Waals surface area (Å²) in [5, 5.41) is 2.42. The van der Waals surface area contributed by atoms with E-state index in [4.69, 9.17) is 9.47 Å². The van der Waals surface area contributed by atoms with Gasteiger partial charge in [0.15, 0.2) is 11.5 Å². The van der Waals surface area contributed by atoms with E-state index < -0.39 is 0 Å². The smallest absolute Gasteiger partial charge is 0.231 e. The molecule has 1 N–H and O–H groups in total. The van der Waals surface area contributed by atoms with Crippen LogP contribution in [0.4, 0.5) is 0 Å². The van der Waals surface area contributed by atoms with Crippen LogP contribution >= 0.6 is 0 Å². The maximum absolute atomic E-state index is 5.52. The van der Waals surface area contributed by atoms with Crippen molar-refractivity contribution in [3.05, 3.63) is 35.9 Å². The molecule has 1 aromatic heterocycles. The topological polar surface area (TPSA) is 34.2 Å². The lowest BCUT2D eigenvalue weighted by Crippen LogP contribution is -1.93. The maximum atomic E-state index is 5.52. The average molecular weight is 225 g/mol. The summed E-state index contributed by atoms with van der Waals surface area (Å²) in [6, 6.07) is 10.5. The van der Waals surface area contributed by atoms with Crippen molar-refractivity contribution < 1.29 is 9.47 Å². The van der Waals surface area contributed by atoms with E-state index in [1.807, 2.05) is 6.07 Å². The summed E-state index contributed by atoms with van der Waals surface area (Å²) in [6.45, 7) is 2.41. The summed E-state index contributed by atoms with van der Waals surface area (Å²) in [5.41, 5.74) is 3.42. The van der Waals surface area contributed by atoms with Gasteiger partial charge in [0.05, 0.1) is 5.52 Å². The Labute approximate surface area is 98.0 Å². The molecule has 0 atom stereocenters. The third-order valence-electron chi connectivity index (χ3n) is 3.26. The second-order valence-electron chi connectivity index (χ2n) is 4.40. The van der Waals surface area contributed by atoms with E-state index in [-0.39, 0.29) is 0 Å². The number of aryl methyl sites for hydroxylation is 1. The van der Waals surface area contributed by atoms with Crippen molar-refractivity contribution >= 4 is 21.8 Å². The Bertz CT molecular complexity index is 743. The van der Waals surface area contributed by atoms with Gasteiger partial charge in [-0.1, -0.05) is 11.6 Å². The first-order valence-electron chi connectivity index (χ1n) is 5.63. The fourth-order valence-corrected chi connectivity index (χ4v) is 2.45. The highest BCUT2D eigenvalue weighted by molar-refractivity contribution is 6.10. The van der Waals surface area contributed by atoms with Crippen LogP contribution in [0.2, 0.25) is 0 Å². The second kappa shape index (κ2) is 2.94. The van der Waals surface area contributed by atoms with Crippen LogP contribution < -0.4 is 9.47 Å². The highest BCUT2D eigenvalue weighted by Gasteiger charge is 2.19. The number of nitrogens with one attached hydrogen (secondary N) is 1. The number of aromatic amines is 1. The standard InChI is InChI=1S/C14H11NO2/c1-8-2-4-11-10(6-8)9-3-5-12-14(13(9)15-11)17-7-16-12/h2-6,15H,7H2,1H3. The molecular weight excluding hydrogens is 214 g/mol. The highest BCUT2D eigenvalue weighted by atomic mass is 16.7. The minimum Gasteiger partial charge on any atom is -0.454 e. The van der Waals surface area contributed by atoms with Crippen LogP contribution in [0.15, 0.2) is 30.3 Å². The quantitative estimate of drug-likeness (QED) is 0.636. The molecule has 1 aliphatic heterocycles. The maximum Gasteiger partial charge on any atom is 0.231 e. The van der Waals surface area contributed by atoms with Crippen LogP contribution in [0.3, 0.4) is 0 Å². The Hall–Kier alpha value is -2.16. The Kier molecular flexibility index (Phi) is 1.55. The minimum absolute atomic E-state index is 0.308. The fourth-order valence-electron chi connectivity index (χ4n) is 2.45. The largest absolute Gasteiger partial charge is 0.454 e. The lowest BCUT2D eigenvalue weighted by atomic mass is 10.1. The van der Waals surface area contributed by atoms with Gasteiger partial charge in [0.1, 0.15) is 0 Å². The lowest BCUT2D eigenvalue weighted by molar-refractivity contribution is 0.174. The molecule has 0 bridgehead atoms. The molecule has 0 saturated carbocycles. The first-order chi connectivity index (χ1) is 8.33. The summed E-state index contributed by atoms with van der Waals surface area (Å²) < 4.78 is 10.9. The molecule has 3 heteroatoms. The molecule has 2 aromatic carbocycles. The zero-order chi connectivity index (χ0) is 11.4. The number of aromatic nitrogens is 1. The normalized spacial score (nSPS) is 13.7. The Morgan fingerprint density at radius 3 is 2.94 bits per heavy atom. The van der Waals surface area contributed by atoms with E-state index in [1.165, 1.54) is 16.3 Å². The van der Waals surface area contributed by atoms with Crippen molar-refractivity contribution in [1.29, 1.82) is 0 Å². The number of hydrogen-bond donors (Lipinski definition) is 1. The third kappa shape index (κ3) is 1.11. The lowest BCUT2D eigenvalue weighted by Gasteiger charge is -1.97. The second-order valence-corrected chi connectivity index (χ2v) is 4.40. The number of fused-ring (bicyclic) bond motifs is 5. The first-order valence-corrected chi connectivity index (χ1v) is 5.63. The van der Waals surface area contributed by atoms with Crippen LogP contribution in [-0.4, -0.2) is 11.8 Å².